The third-order valence-corrected chi connectivity index (χ3v) is 7.79. The van der Waals surface area contributed by atoms with Gasteiger partial charge in [-0.05, 0) is 55.5 Å². The number of rotatable bonds is 2. The first-order chi connectivity index (χ1) is 18.6. The highest BCUT2D eigenvalue weighted by Gasteiger charge is 2.36. The molecule has 0 aliphatic carbocycles. The predicted molar refractivity (Wildman–Crippen MR) is 143 cm³/mol. The summed E-state index contributed by atoms with van der Waals surface area (Å²) in [7, 11) is 0. The van der Waals surface area contributed by atoms with Crippen LogP contribution in [0.5, 0.6) is 17.2 Å². The van der Waals surface area contributed by atoms with Crippen molar-refractivity contribution in [2.75, 3.05) is 52.7 Å². The average Bonchev–Trinajstić information content (AvgIpc) is 3.18. The minimum atomic E-state index is -0.148. The molecular formula is C30H38N2O6. The van der Waals surface area contributed by atoms with Crippen LogP contribution in [0.1, 0.15) is 54.4 Å². The SMILES string of the molecule is O=C1NCCOCCCCC2(CCN(C(=O)Cc3ccc4c(c3)OCCCO4)CC2)COc2ccccc21. The van der Waals surface area contributed by atoms with Crippen molar-refractivity contribution in [3.8, 4) is 17.2 Å². The second-order valence-electron chi connectivity index (χ2n) is 10.5. The number of carbonyl (C=O) groups is 2. The molecule has 0 bridgehead atoms. The maximum Gasteiger partial charge on any atom is 0.255 e. The Hall–Kier alpha value is -3.26. The van der Waals surface area contributed by atoms with Gasteiger partial charge in [-0.25, -0.2) is 0 Å². The molecule has 2 amide bonds. The summed E-state index contributed by atoms with van der Waals surface area (Å²) in [6, 6.07) is 13.2. The van der Waals surface area contributed by atoms with Gasteiger partial charge in [0.2, 0.25) is 5.91 Å². The quantitative estimate of drug-likeness (QED) is 0.642. The lowest BCUT2D eigenvalue weighted by Gasteiger charge is -2.42. The summed E-state index contributed by atoms with van der Waals surface area (Å²) in [5.41, 5.74) is 1.44. The number of nitrogens with one attached hydrogen (secondary N) is 1. The highest BCUT2D eigenvalue weighted by molar-refractivity contribution is 5.96. The van der Waals surface area contributed by atoms with Crippen molar-refractivity contribution in [3.05, 3.63) is 53.6 Å². The molecular weight excluding hydrogens is 484 g/mol. The summed E-state index contributed by atoms with van der Waals surface area (Å²) >= 11 is 0. The number of piperidine rings is 1. The number of hydrogen-bond donors (Lipinski definition) is 1. The first-order valence-corrected chi connectivity index (χ1v) is 13.9. The molecule has 0 radical (unpaired) electrons. The van der Waals surface area contributed by atoms with E-state index in [1.54, 1.807) is 6.07 Å². The van der Waals surface area contributed by atoms with Crippen LogP contribution in [0.25, 0.3) is 0 Å². The van der Waals surface area contributed by atoms with E-state index in [9.17, 15) is 9.59 Å². The summed E-state index contributed by atoms with van der Waals surface area (Å²) < 4.78 is 23.6. The van der Waals surface area contributed by atoms with Gasteiger partial charge in [-0.2, -0.15) is 0 Å². The first-order valence-electron chi connectivity index (χ1n) is 13.9. The maximum absolute atomic E-state index is 13.2. The maximum atomic E-state index is 13.2. The monoisotopic (exact) mass is 522 g/mol. The van der Waals surface area contributed by atoms with Crippen molar-refractivity contribution >= 4 is 11.8 Å². The molecule has 3 aliphatic heterocycles. The summed E-state index contributed by atoms with van der Waals surface area (Å²) in [6.07, 6.45) is 5.97. The van der Waals surface area contributed by atoms with Crippen LogP contribution in [0, 0.1) is 5.41 Å². The van der Waals surface area contributed by atoms with Crippen molar-refractivity contribution in [1.29, 1.82) is 0 Å². The van der Waals surface area contributed by atoms with Gasteiger partial charge < -0.3 is 29.2 Å². The number of carbonyl (C=O) groups excluding carboxylic acids is 2. The third-order valence-electron chi connectivity index (χ3n) is 7.79. The van der Waals surface area contributed by atoms with E-state index >= 15 is 0 Å². The molecule has 3 aliphatic rings. The Morgan fingerprint density at radius 2 is 1.66 bits per heavy atom. The lowest BCUT2D eigenvalue weighted by molar-refractivity contribution is -0.133. The van der Waals surface area contributed by atoms with Gasteiger partial charge in [-0.15, -0.1) is 0 Å². The van der Waals surface area contributed by atoms with E-state index in [0.29, 0.717) is 70.4 Å². The molecule has 1 fully saturated rings. The molecule has 38 heavy (non-hydrogen) atoms. The number of ether oxygens (including phenoxy) is 4. The number of nitrogens with zero attached hydrogens (tertiary/aromatic N) is 1. The highest BCUT2D eigenvalue weighted by Crippen LogP contribution is 2.38. The molecule has 0 aromatic heterocycles. The molecule has 204 valence electrons. The van der Waals surface area contributed by atoms with E-state index in [1.807, 2.05) is 41.3 Å². The predicted octanol–water partition coefficient (Wildman–Crippen LogP) is 4.01. The van der Waals surface area contributed by atoms with Gasteiger partial charge in [-0.3, -0.25) is 9.59 Å². The van der Waals surface area contributed by atoms with E-state index in [0.717, 1.165) is 55.6 Å². The zero-order chi connectivity index (χ0) is 26.2. The normalized spacial score (nSPS) is 20.3. The number of benzene rings is 2. The molecule has 8 nitrogen and oxygen atoms in total. The lowest BCUT2D eigenvalue weighted by atomic mass is 9.75. The number of likely N-dealkylation sites (tertiary alicyclic amines) is 1. The Morgan fingerprint density at radius 3 is 2.53 bits per heavy atom. The second kappa shape index (κ2) is 12.5. The summed E-state index contributed by atoms with van der Waals surface area (Å²) in [4.78, 5) is 27.9. The van der Waals surface area contributed by atoms with Gasteiger partial charge in [0.25, 0.3) is 5.91 Å². The largest absolute Gasteiger partial charge is 0.492 e. The van der Waals surface area contributed by atoms with E-state index in [-0.39, 0.29) is 17.2 Å². The number of hydrogen-bond acceptors (Lipinski definition) is 6. The fourth-order valence-electron chi connectivity index (χ4n) is 5.45. The van der Waals surface area contributed by atoms with Crippen LogP contribution in [0.3, 0.4) is 0 Å². The smallest absolute Gasteiger partial charge is 0.255 e. The molecule has 1 spiro atoms. The molecule has 1 saturated heterocycles. The zero-order valence-corrected chi connectivity index (χ0v) is 22.0. The molecule has 0 unspecified atom stereocenters. The highest BCUT2D eigenvalue weighted by atomic mass is 16.5. The van der Waals surface area contributed by atoms with Crippen LogP contribution in [-0.4, -0.2) is 69.4 Å². The molecule has 2 aromatic rings. The van der Waals surface area contributed by atoms with Gasteiger partial charge in [0.15, 0.2) is 11.5 Å². The topological polar surface area (TPSA) is 86.3 Å². The Bertz CT molecular complexity index is 1110. The van der Waals surface area contributed by atoms with Crippen molar-refractivity contribution in [3.63, 3.8) is 0 Å². The van der Waals surface area contributed by atoms with Crippen LogP contribution >= 0.6 is 0 Å². The zero-order valence-electron chi connectivity index (χ0n) is 22.0. The fourth-order valence-corrected chi connectivity index (χ4v) is 5.45. The molecule has 0 saturated carbocycles. The van der Waals surface area contributed by atoms with Crippen molar-refractivity contribution in [2.45, 2.75) is 44.9 Å². The summed E-state index contributed by atoms with van der Waals surface area (Å²) in [5, 5.41) is 2.92. The average molecular weight is 523 g/mol. The minimum Gasteiger partial charge on any atom is -0.492 e. The Balaban J connectivity index is 1.23. The molecule has 8 heteroatoms. The Morgan fingerprint density at radius 1 is 0.842 bits per heavy atom. The Labute approximate surface area is 224 Å². The van der Waals surface area contributed by atoms with E-state index in [2.05, 4.69) is 5.32 Å². The van der Waals surface area contributed by atoms with Crippen LogP contribution in [-0.2, 0) is 16.0 Å². The summed E-state index contributed by atoms with van der Waals surface area (Å²) in [5.74, 6) is 2.06. The van der Waals surface area contributed by atoms with Crippen LogP contribution in [0.2, 0.25) is 0 Å². The standard InChI is InChI=1S/C30H38N2O6/c33-28(21-23-8-9-26-27(20-23)37-18-5-17-36-26)32-14-11-30(12-15-32)10-3-4-16-35-19-13-31-29(34)24-6-1-2-7-25(24)38-22-30/h1-2,6-9,20H,3-5,10-19,21-22H2,(H,31,34). The van der Waals surface area contributed by atoms with Gasteiger partial charge >= 0.3 is 0 Å². The lowest BCUT2D eigenvalue weighted by Crippen LogP contribution is -2.46. The van der Waals surface area contributed by atoms with E-state index in [4.69, 9.17) is 18.9 Å². The van der Waals surface area contributed by atoms with Crippen molar-refractivity contribution < 1.29 is 28.5 Å². The number of amides is 2. The van der Waals surface area contributed by atoms with Crippen LogP contribution in [0.4, 0.5) is 0 Å². The molecule has 5 rings (SSSR count). The van der Waals surface area contributed by atoms with Gasteiger partial charge in [0.05, 0.1) is 38.4 Å². The molecule has 0 atom stereocenters. The minimum absolute atomic E-state index is 0.0419. The fraction of sp³-hybridized carbons (Fsp3) is 0.533. The van der Waals surface area contributed by atoms with Gasteiger partial charge in [0, 0.05) is 38.1 Å². The Kier molecular flexibility index (Phi) is 8.68. The van der Waals surface area contributed by atoms with Gasteiger partial charge in [0.1, 0.15) is 5.75 Å². The molecule has 2 aromatic carbocycles. The van der Waals surface area contributed by atoms with Gasteiger partial charge in [-0.1, -0.05) is 24.6 Å². The van der Waals surface area contributed by atoms with Crippen molar-refractivity contribution in [2.24, 2.45) is 5.41 Å². The molecule has 3 heterocycles. The van der Waals surface area contributed by atoms with E-state index < -0.39 is 0 Å². The third kappa shape index (κ3) is 6.59. The second-order valence-corrected chi connectivity index (χ2v) is 10.5. The molecule has 1 N–H and O–H groups in total. The number of fused-ring (bicyclic) bond motifs is 2. The first kappa shape index (κ1) is 26.4. The van der Waals surface area contributed by atoms with Crippen LogP contribution in [0.15, 0.2) is 42.5 Å². The van der Waals surface area contributed by atoms with Crippen molar-refractivity contribution in [1.82, 2.24) is 10.2 Å². The number of para-hydroxylation sites is 1. The van der Waals surface area contributed by atoms with Crippen LogP contribution < -0.4 is 19.5 Å². The van der Waals surface area contributed by atoms with E-state index in [1.165, 1.54) is 0 Å². The summed E-state index contributed by atoms with van der Waals surface area (Å²) in [6.45, 7) is 4.87.